The van der Waals surface area contributed by atoms with E-state index in [1.165, 1.54) is 0 Å². The molecule has 0 unspecified atom stereocenters. The van der Waals surface area contributed by atoms with Crippen LogP contribution in [0, 0.1) is 6.92 Å². The highest BCUT2D eigenvalue weighted by Crippen LogP contribution is 2.23. The molecule has 3 rings (SSSR count). The molecule has 0 aliphatic carbocycles. The van der Waals surface area contributed by atoms with Gasteiger partial charge in [-0.3, -0.25) is 4.79 Å². The molecule has 2 aromatic heterocycles. The van der Waals surface area contributed by atoms with E-state index < -0.39 is 0 Å². The zero-order valence-corrected chi connectivity index (χ0v) is 14.7. The zero-order chi connectivity index (χ0) is 17.8. The number of carbonyl (C=O) groups excluding carboxylic acids is 1. The molecule has 25 heavy (non-hydrogen) atoms. The van der Waals surface area contributed by atoms with Crippen LogP contribution in [0.5, 0.6) is 0 Å². The highest BCUT2D eigenvalue weighted by molar-refractivity contribution is 5.96. The lowest BCUT2D eigenvalue weighted by Crippen LogP contribution is -2.28. The first-order valence-electron chi connectivity index (χ1n) is 8.27. The Kier molecular flexibility index (Phi) is 5.14. The molecule has 0 bridgehead atoms. The fourth-order valence-electron chi connectivity index (χ4n) is 2.80. The minimum atomic E-state index is -0.285. The number of hydrogen-bond donors (Lipinski definition) is 1. The second-order valence-electron chi connectivity index (χ2n) is 6.03. The van der Waals surface area contributed by atoms with E-state index in [0.717, 1.165) is 29.5 Å². The van der Waals surface area contributed by atoms with Crippen LogP contribution < -0.4 is 5.32 Å². The van der Waals surface area contributed by atoms with E-state index in [-0.39, 0.29) is 11.9 Å². The van der Waals surface area contributed by atoms with Crippen LogP contribution >= 0.6 is 0 Å². The molecule has 0 radical (unpaired) electrons. The fraction of sp³-hybridized carbons (Fsp3) is 0.389. The van der Waals surface area contributed by atoms with E-state index in [1.54, 1.807) is 19.5 Å². The summed E-state index contributed by atoms with van der Waals surface area (Å²) >= 11 is 0. The number of ether oxygens (including phenoxy) is 1. The Morgan fingerprint density at radius 1 is 1.44 bits per heavy atom. The van der Waals surface area contributed by atoms with Crippen LogP contribution in [0.1, 0.15) is 41.3 Å². The molecule has 3 aromatic rings. The van der Waals surface area contributed by atoms with E-state index in [4.69, 9.17) is 9.15 Å². The molecule has 2 heterocycles. The summed E-state index contributed by atoms with van der Waals surface area (Å²) < 4.78 is 12.7. The number of fused-ring (bicyclic) bond motifs is 1. The number of furan rings is 1. The predicted octanol–water partition coefficient (Wildman–Crippen LogP) is 2.86. The molecular formula is C18H22N4O3. The van der Waals surface area contributed by atoms with Crippen molar-refractivity contribution < 1.29 is 13.9 Å². The topological polar surface area (TPSA) is 82.2 Å². The van der Waals surface area contributed by atoms with Gasteiger partial charge in [-0.15, -0.1) is 10.2 Å². The number of para-hydroxylation sites is 1. The van der Waals surface area contributed by atoms with Crippen LogP contribution in [0.4, 0.5) is 0 Å². The molecule has 0 saturated carbocycles. The van der Waals surface area contributed by atoms with Crippen molar-refractivity contribution in [2.45, 2.75) is 32.9 Å². The molecular weight excluding hydrogens is 320 g/mol. The first kappa shape index (κ1) is 17.2. The standard InChI is InChI=1S/C18H22N4O3/c1-12-6-4-7-14-10-15(25-16(12)14)18(23)20-13(2)17-21-19-11-22(17)8-5-9-24-3/h4,6-7,10-11,13H,5,8-9H2,1-3H3,(H,20,23)/t13-/m1/s1. The van der Waals surface area contributed by atoms with Crippen molar-refractivity contribution in [2.24, 2.45) is 0 Å². The smallest absolute Gasteiger partial charge is 0.287 e. The van der Waals surface area contributed by atoms with Crippen LogP contribution in [0.3, 0.4) is 0 Å². The van der Waals surface area contributed by atoms with Gasteiger partial charge >= 0.3 is 0 Å². The Bertz CT molecular complexity index is 868. The number of aryl methyl sites for hydroxylation is 2. The third-order valence-electron chi connectivity index (χ3n) is 4.09. The van der Waals surface area contributed by atoms with Crippen LogP contribution in [0.25, 0.3) is 11.0 Å². The number of benzene rings is 1. The van der Waals surface area contributed by atoms with E-state index >= 15 is 0 Å². The molecule has 132 valence electrons. The lowest BCUT2D eigenvalue weighted by atomic mass is 10.2. The minimum Gasteiger partial charge on any atom is -0.451 e. The van der Waals surface area contributed by atoms with Gasteiger partial charge in [-0.2, -0.15) is 0 Å². The summed E-state index contributed by atoms with van der Waals surface area (Å²) in [6, 6.07) is 7.30. The first-order chi connectivity index (χ1) is 12.1. The Morgan fingerprint density at radius 3 is 3.04 bits per heavy atom. The molecule has 0 spiro atoms. The van der Waals surface area contributed by atoms with Crippen LogP contribution in [0.15, 0.2) is 35.0 Å². The van der Waals surface area contributed by atoms with Gasteiger partial charge in [0.1, 0.15) is 11.9 Å². The second-order valence-corrected chi connectivity index (χ2v) is 6.03. The number of aromatic nitrogens is 3. The SMILES string of the molecule is COCCCn1cnnc1[C@@H](C)NC(=O)c1cc2cccc(C)c2o1. The maximum Gasteiger partial charge on any atom is 0.287 e. The summed E-state index contributed by atoms with van der Waals surface area (Å²) in [5, 5.41) is 11.9. The Balaban J connectivity index is 1.72. The average Bonchev–Trinajstić information content (AvgIpc) is 3.22. The number of nitrogens with one attached hydrogen (secondary N) is 1. The lowest BCUT2D eigenvalue weighted by Gasteiger charge is -2.14. The highest BCUT2D eigenvalue weighted by Gasteiger charge is 2.19. The van der Waals surface area contributed by atoms with Crippen LogP contribution in [-0.4, -0.2) is 34.4 Å². The molecule has 0 aliphatic rings. The molecule has 0 saturated heterocycles. The summed E-state index contributed by atoms with van der Waals surface area (Å²) in [6.07, 6.45) is 2.52. The fourth-order valence-corrected chi connectivity index (χ4v) is 2.80. The van der Waals surface area contributed by atoms with Gasteiger partial charge in [-0.1, -0.05) is 18.2 Å². The van der Waals surface area contributed by atoms with Gasteiger partial charge in [-0.05, 0) is 31.9 Å². The molecule has 7 nitrogen and oxygen atoms in total. The van der Waals surface area contributed by atoms with Crippen LogP contribution in [0.2, 0.25) is 0 Å². The normalized spacial score (nSPS) is 12.4. The summed E-state index contributed by atoms with van der Waals surface area (Å²) in [5.74, 6) is 0.730. The van der Waals surface area contributed by atoms with Crippen molar-refractivity contribution in [3.8, 4) is 0 Å². The molecule has 0 fully saturated rings. The van der Waals surface area contributed by atoms with Crippen molar-refractivity contribution in [3.63, 3.8) is 0 Å². The monoisotopic (exact) mass is 342 g/mol. The quantitative estimate of drug-likeness (QED) is 0.668. The van der Waals surface area contributed by atoms with Gasteiger partial charge < -0.3 is 19.0 Å². The summed E-state index contributed by atoms with van der Waals surface area (Å²) in [4.78, 5) is 12.5. The molecule has 0 aliphatic heterocycles. The zero-order valence-electron chi connectivity index (χ0n) is 14.7. The summed E-state index contributed by atoms with van der Waals surface area (Å²) in [6.45, 7) is 5.23. The van der Waals surface area contributed by atoms with Crippen molar-refractivity contribution in [1.82, 2.24) is 20.1 Å². The number of rotatable bonds is 7. The molecule has 1 amide bonds. The van der Waals surface area contributed by atoms with E-state index in [1.807, 2.05) is 36.6 Å². The van der Waals surface area contributed by atoms with Crippen molar-refractivity contribution in [3.05, 3.63) is 47.7 Å². The predicted molar refractivity (Wildman–Crippen MR) is 93.3 cm³/mol. The summed E-state index contributed by atoms with van der Waals surface area (Å²) in [7, 11) is 1.67. The maximum absolute atomic E-state index is 12.5. The molecule has 7 heteroatoms. The van der Waals surface area contributed by atoms with E-state index in [0.29, 0.717) is 18.2 Å². The maximum atomic E-state index is 12.5. The van der Waals surface area contributed by atoms with Gasteiger partial charge in [0.15, 0.2) is 11.6 Å². The molecule has 1 atom stereocenters. The van der Waals surface area contributed by atoms with Crippen LogP contribution in [-0.2, 0) is 11.3 Å². The summed E-state index contributed by atoms with van der Waals surface area (Å²) in [5.41, 5.74) is 1.74. The number of amides is 1. The van der Waals surface area contributed by atoms with Crippen molar-refractivity contribution in [1.29, 1.82) is 0 Å². The van der Waals surface area contributed by atoms with Gasteiger partial charge in [0, 0.05) is 25.6 Å². The number of nitrogens with zero attached hydrogens (tertiary/aromatic N) is 3. The van der Waals surface area contributed by atoms with Crippen molar-refractivity contribution in [2.75, 3.05) is 13.7 Å². The van der Waals surface area contributed by atoms with Gasteiger partial charge in [0.05, 0.1) is 6.04 Å². The second kappa shape index (κ2) is 7.48. The number of carbonyl (C=O) groups is 1. The van der Waals surface area contributed by atoms with E-state index in [2.05, 4.69) is 15.5 Å². The number of hydrogen-bond acceptors (Lipinski definition) is 5. The minimum absolute atomic E-state index is 0.269. The molecule has 1 aromatic carbocycles. The third-order valence-corrected chi connectivity index (χ3v) is 4.09. The Labute approximate surface area is 146 Å². The Hall–Kier alpha value is -2.67. The number of methoxy groups -OCH3 is 1. The third kappa shape index (κ3) is 3.71. The van der Waals surface area contributed by atoms with Gasteiger partial charge in [0.2, 0.25) is 0 Å². The molecule has 1 N–H and O–H groups in total. The lowest BCUT2D eigenvalue weighted by molar-refractivity contribution is 0.0911. The average molecular weight is 342 g/mol. The van der Waals surface area contributed by atoms with E-state index in [9.17, 15) is 4.79 Å². The van der Waals surface area contributed by atoms with Gasteiger partial charge in [-0.25, -0.2) is 0 Å². The first-order valence-corrected chi connectivity index (χ1v) is 8.27. The highest BCUT2D eigenvalue weighted by atomic mass is 16.5. The largest absolute Gasteiger partial charge is 0.451 e. The van der Waals surface area contributed by atoms with Crippen molar-refractivity contribution >= 4 is 16.9 Å². The van der Waals surface area contributed by atoms with Gasteiger partial charge in [0.25, 0.3) is 5.91 Å². The Morgan fingerprint density at radius 2 is 2.28 bits per heavy atom.